The molecular formula is C14H22N2O. The molecule has 1 aromatic rings. The summed E-state index contributed by atoms with van der Waals surface area (Å²) in [5.74, 6) is 1.66. The number of nitrogens with two attached hydrogens (primary N) is 1. The molecule has 1 atom stereocenters. The molecule has 1 aromatic heterocycles. The third-order valence-electron chi connectivity index (χ3n) is 3.24. The Labute approximate surface area is 103 Å². The molecule has 0 aromatic carbocycles. The van der Waals surface area contributed by atoms with Crippen molar-refractivity contribution in [2.24, 2.45) is 11.7 Å². The van der Waals surface area contributed by atoms with Crippen molar-refractivity contribution in [3.63, 3.8) is 0 Å². The summed E-state index contributed by atoms with van der Waals surface area (Å²) in [4.78, 5) is 4.21. The molecule has 1 saturated carbocycles. The second-order valence-corrected chi connectivity index (χ2v) is 4.92. The summed E-state index contributed by atoms with van der Waals surface area (Å²) in [6, 6.07) is 2.46. The Bertz CT molecular complexity index is 350. The van der Waals surface area contributed by atoms with Gasteiger partial charge in [0.05, 0.1) is 12.8 Å². The maximum Gasteiger partial charge on any atom is 0.137 e. The van der Waals surface area contributed by atoms with Crippen molar-refractivity contribution in [1.29, 1.82) is 0 Å². The van der Waals surface area contributed by atoms with Gasteiger partial charge in [0, 0.05) is 12.2 Å². The zero-order valence-electron chi connectivity index (χ0n) is 10.6. The fourth-order valence-electron chi connectivity index (χ4n) is 1.99. The Morgan fingerprint density at radius 2 is 2.29 bits per heavy atom. The molecule has 0 bridgehead atoms. The van der Waals surface area contributed by atoms with Crippen LogP contribution in [0.3, 0.4) is 0 Å². The molecule has 1 aliphatic rings. The summed E-state index contributed by atoms with van der Waals surface area (Å²) in [5, 5.41) is 0. The number of pyridine rings is 1. The lowest BCUT2D eigenvalue weighted by molar-refractivity contribution is 0.316. The Hall–Kier alpha value is -1.09. The monoisotopic (exact) mass is 234 g/mol. The normalized spacial score (nSPS) is 16.8. The lowest BCUT2D eigenvalue weighted by Gasteiger charge is -2.10. The fourth-order valence-corrected chi connectivity index (χ4v) is 1.99. The fraction of sp³-hybridized carbons (Fsp3) is 0.643. The van der Waals surface area contributed by atoms with Gasteiger partial charge in [-0.2, -0.15) is 0 Å². The molecule has 0 aliphatic heterocycles. The molecule has 1 heterocycles. The highest BCUT2D eigenvalue weighted by molar-refractivity contribution is 5.23. The second-order valence-electron chi connectivity index (χ2n) is 4.92. The second kappa shape index (κ2) is 6.01. The van der Waals surface area contributed by atoms with Crippen LogP contribution in [-0.2, 0) is 6.42 Å². The Morgan fingerprint density at radius 3 is 3.00 bits per heavy atom. The largest absolute Gasteiger partial charge is 0.492 e. The van der Waals surface area contributed by atoms with Crippen molar-refractivity contribution in [2.75, 3.05) is 6.61 Å². The van der Waals surface area contributed by atoms with E-state index < -0.39 is 0 Å². The minimum absolute atomic E-state index is 0.371. The Kier molecular flexibility index (Phi) is 4.37. The van der Waals surface area contributed by atoms with Crippen LogP contribution in [0.2, 0.25) is 0 Å². The van der Waals surface area contributed by atoms with Gasteiger partial charge in [0.2, 0.25) is 0 Å². The summed E-state index contributed by atoms with van der Waals surface area (Å²) in [7, 11) is 0. The zero-order valence-corrected chi connectivity index (χ0v) is 10.6. The first-order valence-corrected chi connectivity index (χ1v) is 6.62. The van der Waals surface area contributed by atoms with Gasteiger partial charge in [-0.15, -0.1) is 0 Å². The first-order chi connectivity index (χ1) is 8.29. The Morgan fingerprint density at radius 1 is 1.47 bits per heavy atom. The SMILES string of the molecule is CCCOc1cncc(CCC(N)C2CC2)c1. The van der Waals surface area contributed by atoms with Gasteiger partial charge < -0.3 is 10.5 Å². The molecule has 1 fully saturated rings. The molecule has 1 aliphatic carbocycles. The van der Waals surface area contributed by atoms with Crippen LogP contribution in [0.15, 0.2) is 18.5 Å². The lowest BCUT2D eigenvalue weighted by Crippen LogP contribution is -2.22. The highest BCUT2D eigenvalue weighted by Crippen LogP contribution is 2.33. The van der Waals surface area contributed by atoms with Crippen LogP contribution >= 0.6 is 0 Å². The lowest BCUT2D eigenvalue weighted by atomic mass is 10.0. The van der Waals surface area contributed by atoms with E-state index in [0.717, 1.165) is 37.5 Å². The zero-order chi connectivity index (χ0) is 12.1. The molecule has 94 valence electrons. The van der Waals surface area contributed by atoms with Gasteiger partial charge in [-0.05, 0) is 49.7 Å². The van der Waals surface area contributed by atoms with Crippen molar-refractivity contribution in [3.8, 4) is 5.75 Å². The third kappa shape index (κ3) is 4.00. The van der Waals surface area contributed by atoms with Crippen molar-refractivity contribution in [2.45, 2.75) is 45.1 Å². The number of ether oxygens (including phenoxy) is 1. The van der Waals surface area contributed by atoms with Crippen molar-refractivity contribution < 1.29 is 4.74 Å². The summed E-state index contributed by atoms with van der Waals surface area (Å²) >= 11 is 0. The molecule has 3 nitrogen and oxygen atoms in total. The minimum Gasteiger partial charge on any atom is -0.492 e. The first kappa shape index (κ1) is 12.4. The van der Waals surface area contributed by atoms with Crippen molar-refractivity contribution in [1.82, 2.24) is 4.98 Å². The molecule has 0 spiro atoms. The molecule has 0 radical (unpaired) electrons. The van der Waals surface area contributed by atoms with Crippen LogP contribution in [0.25, 0.3) is 0 Å². The average Bonchev–Trinajstić information content (AvgIpc) is 3.18. The van der Waals surface area contributed by atoms with Crippen molar-refractivity contribution in [3.05, 3.63) is 24.0 Å². The van der Waals surface area contributed by atoms with Gasteiger partial charge in [0.1, 0.15) is 5.75 Å². The predicted molar refractivity (Wildman–Crippen MR) is 69.0 cm³/mol. The average molecular weight is 234 g/mol. The number of hydrogen-bond acceptors (Lipinski definition) is 3. The number of rotatable bonds is 7. The molecule has 0 amide bonds. The number of nitrogens with zero attached hydrogens (tertiary/aromatic N) is 1. The summed E-state index contributed by atoms with van der Waals surface area (Å²) < 4.78 is 5.57. The van der Waals surface area contributed by atoms with Gasteiger partial charge in [0.25, 0.3) is 0 Å². The number of hydrogen-bond donors (Lipinski definition) is 1. The maximum absolute atomic E-state index is 6.09. The van der Waals surface area contributed by atoms with E-state index in [4.69, 9.17) is 10.5 Å². The summed E-state index contributed by atoms with van der Waals surface area (Å²) in [6.45, 7) is 2.86. The molecule has 1 unspecified atom stereocenters. The number of aryl methyl sites for hydroxylation is 1. The topological polar surface area (TPSA) is 48.1 Å². The summed E-state index contributed by atoms with van der Waals surface area (Å²) in [5.41, 5.74) is 7.32. The van der Waals surface area contributed by atoms with Crippen LogP contribution in [0.1, 0.15) is 38.2 Å². The van der Waals surface area contributed by atoms with Crippen LogP contribution in [-0.4, -0.2) is 17.6 Å². The van der Waals surface area contributed by atoms with Gasteiger partial charge in [0.15, 0.2) is 0 Å². The maximum atomic E-state index is 6.09. The van der Waals surface area contributed by atoms with E-state index in [1.807, 2.05) is 6.20 Å². The van der Waals surface area contributed by atoms with Gasteiger partial charge >= 0.3 is 0 Å². The molecular weight excluding hydrogens is 212 g/mol. The van der Waals surface area contributed by atoms with E-state index >= 15 is 0 Å². The number of aromatic nitrogens is 1. The van der Waals surface area contributed by atoms with Gasteiger partial charge in [-0.25, -0.2) is 0 Å². The molecule has 2 N–H and O–H groups in total. The first-order valence-electron chi connectivity index (χ1n) is 6.62. The minimum atomic E-state index is 0.371. The summed E-state index contributed by atoms with van der Waals surface area (Å²) in [6.07, 6.45) is 9.42. The van der Waals surface area contributed by atoms with E-state index in [9.17, 15) is 0 Å². The smallest absolute Gasteiger partial charge is 0.137 e. The van der Waals surface area contributed by atoms with E-state index in [2.05, 4.69) is 18.0 Å². The van der Waals surface area contributed by atoms with Crippen LogP contribution in [0, 0.1) is 5.92 Å². The van der Waals surface area contributed by atoms with Crippen LogP contribution in [0.5, 0.6) is 5.75 Å². The Balaban J connectivity index is 1.82. The molecule has 2 rings (SSSR count). The van der Waals surface area contributed by atoms with E-state index in [0.29, 0.717) is 6.04 Å². The highest BCUT2D eigenvalue weighted by atomic mass is 16.5. The van der Waals surface area contributed by atoms with Crippen LogP contribution in [0.4, 0.5) is 0 Å². The molecule has 3 heteroatoms. The van der Waals surface area contributed by atoms with E-state index in [1.165, 1.54) is 18.4 Å². The standard InChI is InChI=1S/C14H22N2O/c1-2-7-17-13-8-11(9-16-10-13)3-6-14(15)12-4-5-12/h8-10,12,14H,2-7,15H2,1H3. The quantitative estimate of drug-likeness (QED) is 0.788. The van der Waals surface area contributed by atoms with Gasteiger partial charge in [-0.1, -0.05) is 6.92 Å². The van der Waals surface area contributed by atoms with Crippen molar-refractivity contribution >= 4 is 0 Å². The predicted octanol–water partition coefficient (Wildman–Crippen LogP) is 2.54. The molecule has 17 heavy (non-hydrogen) atoms. The van der Waals surface area contributed by atoms with Gasteiger partial charge in [-0.3, -0.25) is 4.98 Å². The van der Waals surface area contributed by atoms with E-state index in [1.54, 1.807) is 6.20 Å². The highest BCUT2D eigenvalue weighted by Gasteiger charge is 2.27. The van der Waals surface area contributed by atoms with E-state index in [-0.39, 0.29) is 0 Å². The van der Waals surface area contributed by atoms with Crippen LogP contribution < -0.4 is 10.5 Å². The third-order valence-corrected chi connectivity index (χ3v) is 3.24. The molecule has 0 saturated heterocycles.